The number of hydrogen-bond acceptors (Lipinski definition) is 3. The molecule has 1 aromatic rings. The van der Waals surface area contributed by atoms with Crippen molar-refractivity contribution in [2.45, 2.75) is 26.7 Å². The number of rotatable bonds is 4. The topological polar surface area (TPSA) is 51.3 Å². The first-order valence-electron chi connectivity index (χ1n) is 5.06. The van der Waals surface area contributed by atoms with Crippen LogP contribution in [0, 0.1) is 5.92 Å². The van der Waals surface area contributed by atoms with Gasteiger partial charge in [0, 0.05) is 10.7 Å². The van der Waals surface area contributed by atoms with Crippen LogP contribution in [0.2, 0.25) is 0 Å². The normalized spacial score (nSPS) is 13.9. The van der Waals surface area contributed by atoms with Crippen LogP contribution in [0.3, 0.4) is 0 Å². The third kappa shape index (κ3) is 3.63. The Morgan fingerprint density at radius 3 is 2.80 bits per heavy atom. The SMILES string of the molecule is CCC(C)C/C(=N\N)c1ccc(Br)cn1. The third-order valence-corrected chi connectivity index (χ3v) is 2.89. The summed E-state index contributed by atoms with van der Waals surface area (Å²) < 4.78 is 0.964. The van der Waals surface area contributed by atoms with Gasteiger partial charge < -0.3 is 5.84 Å². The fourth-order valence-corrected chi connectivity index (χ4v) is 1.48. The Morgan fingerprint density at radius 2 is 2.33 bits per heavy atom. The van der Waals surface area contributed by atoms with Gasteiger partial charge in [0.2, 0.25) is 0 Å². The van der Waals surface area contributed by atoms with E-state index in [1.165, 1.54) is 0 Å². The largest absolute Gasteiger partial charge is 0.323 e. The lowest BCUT2D eigenvalue weighted by atomic mass is 10.00. The molecule has 15 heavy (non-hydrogen) atoms. The maximum Gasteiger partial charge on any atom is 0.0863 e. The number of pyridine rings is 1. The van der Waals surface area contributed by atoms with Crippen molar-refractivity contribution >= 4 is 21.6 Å². The molecule has 4 heteroatoms. The quantitative estimate of drug-likeness (QED) is 0.519. The summed E-state index contributed by atoms with van der Waals surface area (Å²) in [5, 5.41) is 3.81. The molecular formula is C11H16BrN3. The van der Waals surface area contributed by atoms with Gasteiger partial charge in [-0.2, -0.15) is 5.10 Å². The van der Waals surface area contributed by atoms with Crippen molar-refractivity contribution in [1.29, 1.82) is 0 Å². The Hall–Kier alpha value is -0.900. The molecule has 0 aliphatic carbocycles. The molecule has 0 aliphatic heterocycles. The molecule has 0 fully saturated rings. The van der Waals surface area contributed by atoms with E-state index >= 15 is 0 Å². The van der Waals surface area contributed by atoms with Crippen molar-refractivity contribution in [2.75, 3.05) is 0 Å². The van der Waals surface area contributed by atoms with E-state index in [0.29, 0.717) is 5.92 Å². The zero-order valence-electron chi connectivity index (χ0n) is 9.07. The fourth-order valence-electron chi connectivity index (χ4n) is 1.24. The molecule has 1 heterocycles. The average Bonchev–Trinajstić information content (AvgIpc) is 2.27. The van der Waals surface area contributed by atoms with Gasteiger partial charge in [-0.1, -0.05) is 20.3 Å². The van der Waals surface area contributed by atoms with Crippen molar-refractivity contribution in [2.24, 2.45) is 16.9 Å². The first-order valence-corrected chi connectivity index (χ1v) is 5.85. The Morgan fingerprint density at radius 1 is 1.60 bits per heavy atom. The maximum atomic E-state index is 5.38. The number of aromatic nitrogens is 1. The van der Waals surface area contributed by atoms with Crippen LogP contribution < -0.4 is 5.84 Å². The van der Waals surface area contributed by atoms with Gasteiger partial charge in [0.25, 0.3) is 0 Å². The van der Waals surface area contributed by atoms with Crippen LogP contribution in [0.25, 0.3) is 0 Å². The second-order valence-corrected chi connectivity index (χ2v) is 4.57. The van der Waals surface area contributed by atoms with Gasteiger partial charge in [-0.3, -0.25) is 4.98 Å². The maximum absolute atomic E-state index is 5.38. The molecule has 0 amide bonds. The van der Waals surface area contributed by atoms with Crippen LogP contribution in [0.4, 0.5) is 0 Å². The Bertz CT molecular complexity index is 332. The molecule has 2 N–H and O–H groups in total. The Kier molecular flexibility index (Phi) is 4.75. The van der Waals surface area contributed by atoms with Crippen LogP contribution in [-0.2, 0) is 0 Å². The lowest BCUT2D eigenvalue weighted by Crippen LogP contribution is -2.10. The molecule has 0 spiro atoms. The molecule has 0 aromatic carbocycles. The number of nitrogens with zero attached hydrogens (tertiary/aromatic N) is 2. The molecule has 1 unspecified atom stereocenters. The number of halogens is 1. The summed E-state index contributed by atoms with van der Waals surface area (Å²) in [5.41, 5.74) is 1.73. The highest BCUT2D eigenvalue weighted by molar-refractivity contribution is 9.10. The van der Waals surface area contributed by atoms with E-state index < -0.39 is 0 Å². The van der Waals surface area contributed by atoms with Crippen molar-refractivity contribution in [3.05, 3.63) is 28.5 Å². The highest BCUT2D eigenvalue weighted by Gasteiger charge is 2.09. The van der Waals surface area contributed by atoms with Gasteiger partial charge >= 0.3 is 0 Å². The molecule has 3 nitrogen and oxygen atoms in total. The second kappa shape index (κ2) is 5.85. The van der Waals surface area contributed by atoms with E-state index in [2.05, 4.69) is 39.9 Å². The van der Waals surface area contributed by atoms with E-state index in [4.69, 9.17) is 5.84 Å². The molecule has 1 atom stereocenters. The van der Waals surface area contributed by atoms with Crippen molar-refractivity contribution < 1.29 is 0 Å². The molecule has 0 saturated heterocycles. The predicted octanol–water partition coefficient (Wildman–Crippen LogP) is 2.94. The third-order valence-electron chi connectivity index (χ3n) is 2.42. The smallest absolute Gasteiger partial charge is 0.0863 e. The summed E-state index contributed by atoms with van der Waals surface area (Å²) in [6.45, 7) is 4.35. The second-order valence-electron chi connectivity index (χ2n) is 3.65. The molecule has 0 saturated carbocycles. The van der Waals surface area contributed by atoms with Crippen LogP contribution in [0.15, 0.2) is 27.9 Å². The van der Waals surface area contributed by atoms with Crippen molar-refractivity contribution in [1.82, 2.24) is 4.98 Å². The first-order chi connectivity index (χ1) is 7.17. The standard InChI is InChI=1S/C11H16BrN3/c1-3-8(2)6-11(15-13)10-5-4-9(12)7-14-10/h4-5,7-8H,3,6,13H2,1-2H3/b15-11+. The molecule has 0 aliphatic rings. The highest BCUT2D eigenvalue weighted by atomic mass is 79.9. The van der Waals surface area contributed by atoms with E-state index in [9.17, 15) is 0 Å². The summed E-state index contributed by atoms with van der Waals surface area (Å²) in [7, 11) is 0. The fraction of sp³-hybridized carbons (Fsp3) is 0.455. The van der Waals surface area contributed by atoms with Crippen LogP contribution in [0.1, 0.15) is 32.4 Å². The van der Waals surface area contributed by atoms with E-state index in [0.717, 1.165) is 28.7 Å². The summed E-state index contributed by atoms with van der Waals surface area (Å²) in [4.78, 5) is 4.28. The number of hydrogen-bond donors (Lipinski definition) is 1. The van der Waals surface area contributed by atoms with Gasteiger partial charge in [0.1, 0.15) is 0 Å². The molecule has 1 rings (SSSR count). The Labute approximate surface area is 98.9 Å². The van der Waals surface area contributed by atoms with Crippen LogP contribution in [0.5, 0.6) is 0 Å². The van der Waals surface area contributed by atoms with Gasteiger partial charge in [0.15, 0.2) is 0 Å². The lowest BCUT2D eigenvalue weighted by molar-refractivity contribution is 0.586. The van der Waals surface area contributed by atoms with Gasteiger partial charge in [-0.15, -0.1) is 0 Å². The summed E-state index contributed by atoms with van der Waals surface area (Å²) in [5.74, 6) is 5.96. The minimum atomic E-state index is 0.581. The highest BCUT2D eigenvalue weighted by Crippen LogP contribution is 2.13. The van der Waals surface area contributed by atoms with Gasteiger partial charge in [-0.05, 0) is 40.4 Å². The number of nitrogens with two attached hydrogens (primary N) is 1. The van der Waals surface area contributed by atoms with Gasteiger partial charge in [-0.25, -0.2) is 0 Å². The van der Waals surface area contributed by atoms with Crippen molar-refractivity contribution in [3.8, 4) is 0 Å². The summed E-state index contributed by atoms with van der Waals surface area (Å²) >= 11 is 3.35. The zero-order chi connectivity index (χ0) is 11.3. The first kappa shape index (κ1) is 12.2. The summed E-state index contributed by atoms with van der Waals surface area (Å²) in [6.07, 6.45) is 3.76. The monoisotopic (exact) mass is 269 g/mol. The van der Waals surface area contributed by atoms with E-state index in [1.807, 2.05) is 12.1 Å². The van der Waals surface area contributed by atoms with Gasteiger partial charge in [0.05, 0.1) is 11.4 Å². The minimum absolute atomic E-state index is 0.581. The molecule has 0 radical (unpaired) electrons. The van der Waals surface area contributed by atoms with E-state index in [-0.39, 0.29) is 0 Å². The summed E-state index contributed by atoms with van der Waals surface area (Å²) in [6, 6.07) is 3.88. The predicted molar refractivity (Wildman–Crippen MR) is 66.7 cm³/mol. The van der Waals surface area contributed by atoms with Crippen LogP contribution >= 0.6 is 15.9 Å². The molecule has 82 valence electrons. The zero-order valence-corrected chi connectivity index (χ0v) is 10.7. The average molecular weight is 270 g/mol. The number of hydrazone groups is 1. The lowest BCUT2D eigenvalue weighted by Gasteiger charge is -2.09. The Balaban J connectivity index is 2.80. The molecule has 0 bridgehead atoms. The minimum Gasteiger partial charge on any atom is -0.323 e. The van der Waals surface area contributed by atoms with Crippen LogP contribution in [-0.4, -0.2) is 10.7 Å². The van der Waals surface area contributed by atoms with Crippen molar-refractivity contribution in [3.63, 3.8) is 0 Å². The molecule has 1 aromatic heterocycles. The van der Waals surface area contributed by atoms with E-state index in [1.54, 1.807) is 6.20 Å². The molecular weight excluding hydrogens is 254 g/mol.